The summed E-state index contributed by atoms with van der Waals surface area (Å²) in [5.74, 6) is -1.92. The summed E-state index contributed by atoms with van der Waals surface area (Å²) < 4.78 is 54.4. The number of hydrogen-bond donors (Lipinski definition) is 1. The normalized spacial score (nSPS) is 16.4. The SMILES string of the molecule is C[C@@H](Cc1c(F)cccc1F)NC(=O)c1sccc1S(=O)(=O)N1CCCC1. The Balaban J connectivity index is 1.75. The first-order valence-corrected chi connectivity index (χ1v) is 10.9. The van der Waals surface area contributed by atoms with E-state index in [4.69, 9.17) is 0 Å². The first kappa shape index (κ1) is 19.9. The van der Waals surface area contributed by atoms with Crippen molar-refractivity contribution in [3.8, 4) is 0 Å². The van der Waals surface area contributed by atoms with E-state index in [2.05, 4.69) is 5.32 Å². The molecule has 0 spiro atoms. The van der Waals surface area contributed by atoms with Gasteiger partial charge in [-0.15, -0.1) is 11.3 Å². The second kappa shape index (κ2) is 8.04. The molecule has 2 heterocycles. The molecule has 1 N–H and O–H groups in total. The lowest BCUT2D eigenvalue weighted by atomic mass is 10.1. The molecule has 1 aromatic heterocycles. The summed E-state index contributed by atoms with van der Waals surface area (Å²) in [6, 6.07) is 4.45. The van der Waals surface area contributed by atoms with Crippen molar-refractivity contribution in [1.82, 2.24) is 9.62 Å². The van der Waals surface area contributed by atoms with Crippen LogP contribution >= 0.6 is 11.3 Å². The molecule has 1 saturated heterocycles. The fraction of sp³-hybridized carbons (Fsp3) is 0.389. The molecule has 1 fully saturated rings. The van der Waals surface area contributed by atoms with Crippen LogP contribution in [-0.2, 0) is 16.4 Å². The molecule has 0 radical (unpaired) electrons. The van der Waals surface area contributed by atoms with Gasteiger partial charge in [-0.05, 0) is 49.8 Å². The number of benzene rings is 1. The third-order valence-corrected chi connectivity index (χ3v) is 7.45. The number of carbonyl (C=O) groups is 1. The van der Waals surface area contributed by atoms with Gasteiger partial charge < -0.3 is 5.32 Å². The second-order valence-corrected chi connectivity index (χ2v) is 9.33. The number of sulfonamides is 1. The zero-order chi connectivity index (χ0) is 19.6. The zero-order valence-electron chi connectivity index (χ0n) is 14.7. The van der Waals surface area contributed by atoms with Gasteiger partial charge in [-0.25, -0.2) is 17.2 Å². The van der Waals surface area contributed by atoms with Gasteiger partial charge in [0.15, 0.2) is 0 Å². The van der Waals surface area contributed by atoms with E-state index in [1.807, 2.05) is 0 Å². The molecule has 3 rings (SSSR count). The van der Waals surface area contributed by atoms with E-state index in [1.165, 1.54) is 16.4 Å². The predicted octanol–water partition coefficient (Wildman–Crippen LogP) is 3.17. The summed E-state index contributed by atoms with van der Waals surface area (Å²) in [5, 5.41) is 4.20. The van der Waals surface area contributed by atoms with Gasteiger partial charge in [0, 0.05) is 24.7 Å². The highest BCUT2D eigenvalue weighted by Crippen LogP contribution is 2.27. The van der Waals surface area contributed by atoms with Crippen LogP contribution in [0.3, 0.4) is 0 Å². The highest BCUT2D eigenvalue weighted by Gasteiger charge is 2.32. The number of halogens is 2. The van der Waals surface area contributed by atoms with Crippen LogP contribution < -0.4 is 5.32 Å². The largest absolute Gasteiger partial charge is 0.349 e. The fourth-order valence-corrected chi connectivity index (χ4v) is 5.93. The highest BCUT2D eigenvalue weighted by atomic mass is 32.2. The molecule has 1 aliphatic rings. The average Bonchev–Trinajstić information content (AvgIpc) is 3.29. The average molecular weight is 414 g/mol. The van der Waals surface area contributed by atoms with E-state index < -0.39 is 33.6 Å². The van der Waals surface area contributed by atoms with Gasteiger partial charge in [-0.2, -0.15) is 4.31 Å². The molecule has 0 unspecified atom stereocenters. The lowest BCUT2D eigenvalue weighted by Gasteiger charge is -2.17. The number of nitrogens with zero attached hydrogens (tertiary/aromatic N) is 1. The molecule has 1 aromatic carbocycles. The van der Waals surface area contributed by atoms with Crippen LogP contribution in [0.15, 0.2) is 34.5 Å². The van der Waals surface area contributed by atoms with Crippen molar-refractivity contribution in [3.63, 3.8) is 0 Å². The molecule has 1 aliphatic heterocycles. The van der Waals surface area contributed by atoms with Crippen molar-refractivity contribution in [3.05, 3.63) is 51.7 Å². The quantitative estimate of drug-likeness (QED) is 0.790. The van der Waals surface area contributed by atoms with Crippen LogP contribution in [0.25, 0.3) is 0 Å². The van der Waals surface area contributed by atoms with Gasteiger partial charge in [-0.3, -0.25) is 4.79 Å². The van der Waals surface area contributed by atoms with Crippen molar-refractivity contribution in [2.45, 2.75) is 37.1 Å². The Morgan fingerprint density at radius 2 is 1.85 bits per heavy atom. The van der Waals surface area contributed by atoms with E-state index in [1.54, 1.807) is 12.3 Å². The minimum absolute atomic E-state index is 0.0174. The third kappa shape index (κ3) is 4.20. The van der Waals surface area contributed by atoms with Crippen LogP contribution in [-0.4, -0.2) is 37.8 Å². The Hall–Kier alpha value is -1.84. The lowest BCUT2D eigenvalue weighted by molar-refractivity contribution is 0.0940. The Morgan fingerprint density at radius 1 is 1.22 bits per heavy atom. The van der Waals surface area contributed by atoms with Crippen LogP contribution in [0.4, 0.5) is 8.78 Å². The van der Waals surface area contributed by atoms with E-state index in [-0.39, 0.29) is 21.8 Å². The summed E-state index contributed by atoms with van der Waals surface area (Å²) in [6.45, 7) is 2.51. The molecule has 27 heavy (non-hydrogen) atoms. The van der Waals surface area contributed by atoms with E-state index in [9.17, 15) is 22.0 Å². The van der Waals surface area contributed by atoms with Gasteiger partial charge in [0.2, 0.25) is 10.0 Å². The summed E-state index contributed by atoms with van der Waals surface area (Å²) in [7, 11) is -3.72. The zero-order valence-corrected chi connectivity index (χ0v) is 16.4. The van der Waals surface area contributed by atoms with Gasteiger partial charge in [0.1, 0.15) is 21.4 Å². The monoisotopic (exact) mass is 414 g/mol. The van der Waals surface area contributed by atoms with E-state index >= 15 is 0 Å². The van der Waals surface area contributed by atoms with Crippen LogP contribution in [0, 0.1) is 11.6 Å². The Labute approximate surface area is 161 Å². The van der Waals surface area contributed by atoms with Crippen LogP contribution in [0.5, 0.6) is 0 Å². The number of thiophene rings is 1. The number of hydrogen-bond acceptors (Lipinski definition) is 4. The number of nitrogens with one attached hydrogen (secondary N) is 1. The molecule has 0 bridgehead atoms. The van der Waals surface area contributed by atoms with Gasteiger partial charge in [-0.1, -0.05) is 6.07 Å². The second-order valence-electron chi connectivity index (χ2n) is 6.50. The van der Waals surface area contributed by atoms with Gasteiger partial charge >= 0.3 is 0 Å². The standard InChI is InChI=1S/C18H20F2N2O3S2/c1-12(11-13-14(19)5-4-6-15(13)20)21-18(23)17-16(7-10-26-17)27(24,25)22-8-2-3-9-22/h4-7,10,12H,2-3,8-9,11H2,1H3,(H,21,23)/t12-/m0/s1. The van der Waals surface area contributed by atoms with Crippen LogP contribution in [0.1, 0.15) is 35.0 Å². The van der Waals surface area contributed by atoms with Crippen molar-refractivity contribution in [2.24, 2.45) is 0 Å². The van der Waals surface area contributed by atoms with Crippen LogP contribution in [0.2, 0.25) is 0 Å². The van der Waals surface area contributed by atoms with Crippen molar-refractivity contribution >= 4 is 27.3 Å². The first-order chi connectivity index (χ1) is 12.8. The molecule has 1 amide bonds. The summed E-state index contributed by atoms with van der Waals surface area (Å²) in [5.41, 5.74) is -0.110. The lowest BCUT2D eigenvalue weighted by Crippen LogP contribution is -2.35. The maximum atomic E-state index is 13.8. The van der Waals surface area contributed by atoms with E-state index in [0.29, 0.717) is 13.1 Å². The maximum Gasteiger partial charge on any atom is 0.262 e. The number of rotatable bonds is 6. The van der Waals surface area contributed by atoms with Crippen molar-refractivity contribution < 1.29 is 22.0 Å². The first-order valence-electron chi connectivity index (χ1n) is 8.62. The summed E-state index contributed by atoms with van der Waals surface area (Å²) >= 11 is 1.03. The summed E-state index contributed by atoms with van der Waals surface area (Å²) in [6.07, 6.45) is 1.57. The third-order valence-electron chi connectivity index (χ3n) is 4.47. The molecule has 0 saturated carbocycles. The number of amides is 1. The van der Waals surface area contributed by atoms with Crippen molar-refractivity contribution in [2.75, 3.05) is 13.1 Å². The highest BCUT2D eigenvalue weighted by molar-refractivity contribution is 7.89. The molecule has 1 atom stereocenters. The minimum Gasteiger partial charge on any atom is -0.349 e. The molecule has 2 aromatic rings. The molecule has 5 nitrogen and oxygen atoms in total. The van der Waals surface area contributed by atoms with Gasteiger partial charge in [0.25, 0.3) is 5.91 Å². The molecular weight excluding hydrogens is 394 g/mol. The fourth-order valence-electron chi connectivity index (χ4n) is 3.11. The minimum atomic E-state index is -3.72. The Kier molecular flexibility index (Phi) is 5.92. The predicted molar refractivity (Wildman–Crippen MR) is 99.3 cm³/mol. The summed E-state index contributed by atoms with van der Waals surface area (Å²) in [4.78, 5) is 12.7. The Bertz CT molecular complexity index is 918. The number of carbonyl (C=O) groups excluding carboxylic acids is 1. The molecular formula is C18H20F2N2O3S2. The topological polar surface area (TPSA) is 66.5 Å². The van der Waals surface area contributed by atoms with Crippen molar-refractivity contribution in [1.29, 1.82) is 0 Å². The Morgan fingerprint density at radius 3 is 2.48 bits per heavy atom. The van der Waals surface area contributed by atoms with E-state index in [0.717, 1.165) is 36.3 Å². The van der Waals surface area contributed by atoms with Gasteiger partial charge in [0.05, 0.1) is 0 Å². The maximum absolute atomic E-state index is 13.8. The molecule has 9 heteroatoms. The molecule has 146 valence electrons. The molecule has 0 aliphatic carbocycles. The smallest absolute Gasteiger partial charge is 0.262 e.